The Morgan fingerprint density at radius 2 is 1.57 bits per heavy atom. The summed E-state index contributed by atoms with van der Waals surface area (Å²) in [6, 6.07) is 24.5. The second-order valence-electron chi connectivity index (χ2n) is 7.65. The zero-order chi connectivity index (χ0) is 21.0. The van der Waals surface area contributed by atoms with Crippen molar-refractivity contribution in [3.8, 4) is 5.75 Å². The van der Waals surface area contributed by atoms with E-state index in [1.165, 1.54) is 0 Å². The van der Waals surface area contributed by atoms with Gasteiger partial charge in [-0.15, -0.1) is 0 Å². The molecule has 1 heterocycles. The molecule has 0 amide bonds. The summed E-state index contributed by atoms with van der Waals surface area (Å²) in [4.78, 5) is 4.51. The molecule has 1 N–H and O–H groups in total. The molecule has 30 heavy (non-hydrogen) atoms. The van der Waals surface area contributed by atoms with Crippen LogP contribution in [0.2, 0.25) is 0 Å². The van der Waals surface area contributed by atoms with E-state index < -0.39 is 5.60 Å². The van der Waals surface area contributed by atoms with E-state index in [0.29, 0.717) is 13.0 Å². The average molecular weight is 420 g/mol. The number of hydrogen-bond acceptors (Lipinski definition) is 4. The van der Waals surface area contributed by atoms with Crippen LogP contribution in [-0.2, 0) is 12.0 Å². The number of hydrogen-bond donors (Lipinski definition) is 1. The molecule has 0 fully saturated rings. The van der Waals surface area contributed by atoms with Crippen molar-refractivity contribution in [3.63, 3.8) is 0 Å². The molecule has 4 heteroatoms. The molecule has 0 spiro atoms. The fourth-order valence-corrected chi connectivity index (χ4v) is 5.35. The first-order chi connectivity index (χ1) is 14.6. The van der Waals surface area contributed by atoms with Crippen LogP contribution in [0.4, 0.5) is 0 Å². The van der Waals surface area contributed by atoms with Gasteiger partial charge in [0.1, 0.15) is 18.0 Å². The van der Waals surface area contributed by atoms with Gasteiger partial charge >= 0.3 is 0 Å². The SMILES string of the molecule is CCN(CC)CCOc1ccc2c(c1)Sc1ccccc1C2(O)Cc1ccccc1. The van der Waals surface area contributed by atoms with Crippen LogP contribution in [0, 0.1) is 0 Å². The Balaban J connectivity index is 1.63. The number of aliphatic hydroxyl groups is 1. The van der Waals surface area contributed by atoms with Gasteiger partial charge < -0.3 is 14.7 Å². The minimum absolute atomic E-state index is 0.542. The molecule has 3 aromatic rings. The lowest BCUT2D eigenvalue weighted by Gasteiger charge is -2.36. The highest BCUT2D eigenvalue weighted by molar-refractivity contribution is 7.99. The molecule has 0 radical (unpaired) electrons. The molecule has 0 aromatic heterocycles. The van der Waals surface area contributed by atoms with E-state index in [-0.39, 0.29) is 0 Å². The van der Waals surface area contributed by atoms with Gasteiger partial charge in [0.05, 0.1) is 0 Å². The molecular weight excluding hydrogens is 390 g/mol. The van der Waals surface area contributed by atoms with Gasteiger partial charge in [-0.25, -0.2) is 0 Å². The van der Waals surface area contributed by atoms with Crippen molar-refractivity contribution in [1.82, 2.24) is 4.90 Å². The molecular formula is C26H29NO2S. The summed E-state index contributed by atoms with van der Waals surface area (Å²) in [5.41, 5.74) is 1.98. The van der Waals surface area contributed by atoms with Crippen LogP contribution in [0.15, 0.2) is 82.6 Å². The molecule has 1 unspecified atom stereocenters. The van der Waals surface area contributed by atoms with Crippen LogP contribution >= 0.6 is 11.8 Å². The Bertz CT molecular complexity index is 987. The van der Waals surface area contributed by atoms with E-state index in [9.17, 15) is 5.11 Å². The zero-order valence-corrected chi connectivity index (χ0v) is 18.5. The second-order valence-corrected chi connectivity index (χ2v) is 8.74. The lowest BCUT2D eigenvalue weighted by atomic mass is 9.81. The van der Waals surface area contributed by atoms with Crippen LogP contribution < -0.4 is 4.74 Å². The Morgan fingerprint density at radius 3 is 2.33 bits per heavy atom. The van der Waals surface area contributed by atoms with Crippen molar-refractivity contribution in [2.45, 2.75) is 35.7 Å². The Labute approximate surface area is 183 Å². The van der Waals surface area contributed by atoms with E-state index in [1.54, 1.807) is 11.8 Å². The van der Waals surface area contributed by atoms with Gasteiger partial charge in [-0.3, -0.25) is 0 Å². The normalized spacial score (nSPS) is 17.5. The summed E-state index contributed by atoms with van der Waals surface area (Å²) < 4.78 is 6.04. The van der Waals surface area contributed by atoms with Crippen LogP contribution in [0.1, 0.15) is 30.5 Å². The predicted molar refractivity (Wildman–Crippen MR) is 123 cm³/mol. The quantitative estimate of drug-likeness (QED) is 0.533. The molecule has 1 aliphatic rings. The minimum Gasteiger partial charge on any atom is -0.492 e. The monoisotopic (exact) mass is 419 g/mol. The van der Waals surface area contributed by atoms with Crippen LogP contribution in [0.5, 0.6) is 5.75 Å². The number of benzene rings is 3. The topological polar surface area (TPSA) is 32.7 Å². The summed E-state index contributed by atoms with van der Waals surface area (Å²) in [5.74, 6) is 0.856. The third-order valence-corrected chi connectivity index (χ3v) is 6.96. The molecule has 0 bridgehead atoms. The standard InChI is InChI=1S/C26H29NO2S/c1-3-27(4-2)16-17-29-21-14-15-23-25(18-21)30-24-13-9-8-12-22(24)26(23,28)19-20-10-6-5-7-11-20/h5-15,18,28H,3-4,16-17,19H2,1-2H3. The predicted octanol–water partition coefficient (Wildman–Crippen LogP) is 5.35. The Morgan fingerprint density at radius 1 is 0.867 bits per heavy atom. The van der Waals surface area contributed by atoms with Crippen LogP contribution in [0.3, 0.4) is 0 Å². The number of ether oxygens (including phenoxy) is 1. The number of likely N-dealkylation sites (N-methyl/N-ethyl adjacent to an activating group) is 1. The number of rotatable bonds is 8. The summed E-state index contributed by atoms with van der Waals surface area (Å²) in [7, 11) is 0. The molecule has 1 atom stereocenters. The van der Waals surface area contributed by atoms with Gasteiger partial charge in [0, 0.05) is 33.9 Å². The lowest BCUT2D eigenvalue weighted by molar-refractivity contribution is 0.0742. The van der Waals surface area contributed by atoms with Crippen molar-refractivity contribution in [2.75, 3.05) is 26.2 Å². The smallest absolute Gasteiger partial charge is 0.121 e. The van der Waals surface area contributed by atoms with E-state index in [2.05, 4.69) is 43.0 Å². The fraction of sp³-hybridized carbons (Fsp3) is 0.308. The van der Waals surface area contributed by atoms with Gasteiger partial charge in [-0.2, -0.15) is 0 Å². The lowest BCUT2D eigenvalue weighted by Crippen LogP contribution is -2.33. The highest BCUT2D eigenvalue weighted by Gasteiger charge is 2.39. The second kappa shape index (κ2) is 9.25. The Kier molecular flexibility index (Phi) is 6.47. The van der Waals surface area contributed by atoms with E-state index in [1.807, 2.05) is 48.5 Å². The molecule has 3 aromatic carbocycles. The first-order valence-electron chi connectivity index (χ1n) is 10.7. The molecule has 0 aliphatic carbocycles. The molecule has 0 saturated heterocycles. The summed E-state index contributed by atoms with van der Waals surface area (Å²) in [6.07, 6.45) is 0.542. The molecule has 1 aliphatic heterocycles. The maximum atomic E-state index is 12.0. The highest BCUT2D eigenvalue weighted by Crippen LogP contribution is 2.50. The van der Waals surface area contributed by atoms with E-state index >= 15 is 0 Å². The Hall–Kier alpha value is -2.27. The van der Waals surface area contributed by atoms with E-state index in [0.717, 1.165) is 51.9 Å². The average Bonchev–Trinajstić information content (AvgIpc) is 2.77. The summed E-state index contributed by atoms with van der Waals surface area (Å²) >= 11 is 1.71. The van der Waals surface area contributed by atoms with E-state index in [4.69, 9.17) is 4.74 Å². The van der Waals surface area contributed by atoms with Crippen molar-refractivity contribution >= 4 is 11.8 Å². The van der Waals surface area contributed by atoms with Crippen molar-refractivity contribution < 1.29 is 9.84 Å². The highest BCUT2D eigenvalue weighted by atomic mass is 32.2. The van der Waals surface area contributed by atoms with Crippen molar-refractivity contribution in [3.05, 3.63) is 89.5 Å². The van der Waals surface area contributed by atoms with Gasteiger partial charge in [0.2, 0.25) is 0 Å². The van der Waals surface area contributed by atoms with Crippen molar-refractivity contribution in [1.29, 1.82) is 0 Å². The summed E-state index contributed by atoms with van der Waals surface area (Å²) in [6.45, 7) is 7.98. The first kappa shape index (κ1) is 21.0. The largest absolute Gasteiger partial charge is 0.492 e. The maximum absolute atomic E-state index is 12.0. The number of nitrogens with zero attached hydrogens (tertiary/aromatic N) is 1. The van der Waals surface area contributed by atoms with Crippen molar-refractivity contribution in [2.24, 2.45) is 0 Å². The minimum atomic E-state index is -1.06. The van der Waals surface area contributed by atoms with Gasteiger partial charge in [0.15, 0.2) is 0 Å². The molecule has 156 valence electrons. The van der Waals surface area contributed by atoms with Gasteiger partial charge in [0.25, 0.3) is 0 Å². The maximum Gasteiger partial charge on any atom is 0.121 e. The number of fused-ring (bicyclic) bond motifs is 2. The summed E-state index contributed by atoms with van der Waals surface area (Å²) in [5, 5.41) is 12.0. The fourth-order valence-electron chi connectivity index (χ4n) is 4.09. The first-order valence-corrected chi connectivity index (χ1v) is 11.5. The third kappa shape index (κ3) is 4.27. The molecule has 4 rings (SSSR count). The third-order valence-electron chi connectivity index (χ3n) is 5.82. The zero-order valence-electron chi connectivity index (χ0n) is 17.7. The van der Waals surface area contributed by atoms with Gasteiger partial charge in [-0.05, 0) is 36.9 Å². The molecule has 0 saturated carbocycles. The van der Waals surface area contributed by atoms with Crippen LogP contribution in [-0.4, -0.2) is 36.2 Å². The van der Waals surface area contributed by atoms with Gasteiger partial charge in [-0.1, -0.05) is 80.2 Å². The molecule has 3 nitrogen and oxygen atoms in total. The van der Waals surface area contributed by atoms with Crippen LogP contribution in [0.25, 0.3) is 0 Å².